The fraction of sp³-hybridized carbons (Fsp3) is 0.421. The number of carbonyl (C=O) groups is 1. The van der Waals surface area contributed by atoms with E-state index in [4.69, 9.17) is 0 Å². The molecule has 132 valence electrons. The van der Waals surface area contributed by atoms with Gasteiger partial charge in [-0.2, -0.15) is 0 Å². The molecule has 1 fully saturated rings. The van der Waals surface area contributed by atoms with Gasteiger partial charge in [0.2, 0.25) is 5.75 Å². The van der Waals surface area contributed by atoms with Gasteiger partial charge in [-0.1, -0.05) is 43.2 Å². The Bertz CT molecular complexity index is 837. The van der Waals surface area contributed by atoms with Crippen molar-refractivity contribution in [2.45, 2.75) is 37.5 Å². The summed E-state index contributed by atoms with van der Waals surface area (Å²) < 4.78 is 1.35. The molecule has 6 heteroatoms. The average Bonchev–Trinajstić information content (AvgIpc) is 3.12. The van der Waals surface area contributed by atoms with Gasteiger partial charge >= 0.3 is 0 Å². The van der Waals surface area contributed by atoms with Crippen LogP contribution in [-0.4, -0.2) is 27.6 Å². The van der Waals surface area contributed by atoms with Gasteiger partial charge in [0.05, 0.1) is 0 Å². The monoisotopic (exact) mass is 341 g/mol. The molecule has 1 aliphatic rings. The predicted octanol–water partition coefficient (Wildman–Crippen LogP) is 1.90. The van der Waals surface area contributed by atoms with E-state index >= 15 is 0 Å². The molecular formula is C19H23N3O3. The first-order chi connectivity index (χ1) is 12.0. The lowest BCUT2D eigenvalue weighted by Crippen LogP contribution is -2.33. The molecule has 1 aromatic heterocycles. The van der Waals surface area contributed by atoms with Gasteiger partial charge in [-0.25, -0.2) is 4.98 Å². The third kappa shape index (κ3) is 3.04. The molecule has 0 bridgehead atoms. The molecule has 0 spiro atoms. The maximum atomic E-state index is 12.3. The van der Waals surface area contributed by atoms with Crippen molar-refractivity contribution in [3.8, 4) is 5.75 Å². The molecule has 0 radical (unpaired) electrons. The first kappa shape index (κ1) is 17.2. The smallest absolute Gasteiger partial charge is 0.296 e. The SMILES string of the molecule is CNC(=O)c1nc(CC2(c3ccccc3)CCCC2)n(C)c(=O)c1O. The zero-order chi connectivity index (χ0) is 18.0. The van der Waals surface area contributed by atoms with Gasteiger partial charge in [-0.3, -0.25) is 14.2 Å². The summed E-state index contributed by atoms with van der Waals surface area (Å²) in [4.78, 5) is 28.6. The van der Waals surface area contributed by atoms with Gasteiger partial charge in [-0.05, 0) is 18.4 Å². The molecule has 6 nitrogen and oxygen atoms in total. The van der Waals surface area contributed by atoms with E-state index in [0.29, 0.717) is 12.2 Å². The molecule has 1 aromatic carbocycles. The standard InChI is InChI=1S/C19H23N3O3/c1-20-17(24)15-16(23)18(25)22(2)14(21-15)12-19(10-6-7-11-19)13-8-4-3-5-9-13/h3-5,8-9,23H,6-7,10-12H2,1-2H3,(H,20,24). The number of rotatable bonds is 4. The van der Waals surface area contributed by atoms with E-state index in [-0.39, 0.29) is 11.1 Å². The van der Waals surface area contributed by atoms with Crippen LogP contribution in [0.1, 0.15) is 47.6 Å². The lowest BCUT2D eigenvalue weighted by atomic mass is 9.76. The predicted molar refractivity (Wildman–Crippen MR) is 94.8 cm³/mol. The molecule has 0 saturated heterocycles. The Kier molecular flexibility index (Phi) is 4.61. The van der Waals surface area contributed by atoms with E-state index in [2.05, 4.69) is 22.4 Å². The van der Waals surface area contributed by atoms with Crippen molar-refractivity contribution in [1.29, 1.82) is 0 Å². The first-order valence-corrected chi connectivity index (χ1v) is 8.55. The van der Waals surface area contributed by atoms with Gasteiger partial charge in [0.15, 0.2) is 5.69 Å². The van der Waals surface area contributed by atoms with Gasteiger partial charge in [0.25, 0.3) is 11.5 Å². The summed E-state index contributed by atoms with van der Waals surface area (Å²) in [6, 6.07) is 10.3. The second-order valence-corrected chi connectivity index (χ2v) is 6.70. The molecule has 0 aliphatic heterocycles. The van der Waals surface area contributed by atoms with Crippen LogP contribution >= 0.6 is 0 Å². The number of carbonyl (C=O) groups excluding carboxylic acids is 1. The highest BCUT2D eigenvalue weighted by atomic mass is 16.3. The Morgan fingerprint density at radius 1 is 1.28 bits per heavy atom. The number of aromatic hydroxyl groups is 1. The summed E-state index contributed by atoms with van der Waals surface area (Å²) >= 11 is 0. The normalized spacial score (nSPS) is 15.9. The molecule has 2 aromatic rings. The summed E-state index contributed by atoms with van der Waals surface area (Å²) in [5.74, 6) is -0.644. The second-order valence-electron chi connectivity index (χ2n) is 6.70. The fourth-order valence-electron chi connectivity index (χ4n) is 3.78. The summed E-state index contributed by atoms with van der Waals surface area (Å²) in [5, 5.41) is 12.4. The van der Waals surface area contributed by atoms with Crippen molar-refractivity contribution in [2.75, 3.05) is 7.05 Å². The van der Waals surface area contributed by atoms with Crippen molar-refractivity contribution < 1.29 is 9.90 Å². The maximum absolute atomic E-state index is 12.3. The number of amides is 1. The third-order valence-corrected chi connectivity index (χ3v) is 5.25. The minimum atomic E-state index is -0.606. The maximum Gasteiger partial charge on any atom is 0.296 e. The van der Waals surface area contributed by atoms with Crippen LogP contribution in [0.3, 0.4) is 0 Å². The van der Waals surface area contributed by atoms with Crippen LogP contribution in [0.5, 0.6) is 5.75 Å². The van der Waals surface area contributed by atoms with Crippen LogP contribution in [-0.2, 0) is 18.9 Å². The van der Waals surface area contributed by atoms with Crippen LogP contribution in [0.25, 0.3) is 0 Å². The molecule has 3 rings (SSSR count). The van der Waals surface area contributed by atoms with E-state index in [1.54, 1.807) is 7.05 Å². The molecule has 25 heavy (non-hydrogen) atoms. The van der Waals surface area contributed by atoms with E-state index in [1.807, 2.05) is 18.2 Å². The van der Waals surface area contributed by atoms with Crippen molar-refractivity contribution >= 4 is 5.91 Å². The van der Waals surface area contributed by atoms with E-state index in [1.165, 1.54) is 17.2 Å². The van der Waals surface area contributed by atoms with E-state index < -0.39 is 17.2 Å². The highest BCUT2D eigenvalue weighted by Crippen LogP contribution is 2.43. The molecule has 0 atom stereocenters. The van der Waals surface area contributed by atoms with Crippen LogP contribution < -0.4 is 10.9 Å². The van der Waals surface area contributed by atoms with Crippen molar-refractivity contribution in [2.24, 2.45) is 7.05 Å². The minimum absolute atomic E-state index is 0.0879. The Morgan fingerprint density at radius 3 is 2.52 bits per heavy atom. The lowest BCUT2D eigenvalue weighted by Gasteiger charge is -2.30. The molecule has 1 amide bonds. The molecular weight excluding hydrogens is 318 g/mol. The number of nitrogens with one attached hydrogen (secondary N) is 1. The van der Waals surface area contributed by atoms with Gasteiger partial charge in [0.1, 0.15) is 5.82 Å². The molecule has 1 heterocycles. The minimum Gasteiger partial charge on any atom is -0.501 e. The van der Waals surface area contributed by atoms with Crippen molar-refractivity contribution in [3.63, 3.8) is 0 Å². The fourth-order valence-corrected chi connectivity index (χ4v) is 3.78. The topological polar surface area (TPSA) is 84.2 Å². The van der Waals surface area contributed by atoms with Crippen LogP contribution in [0, 0.1) is 0 Å². The summed E-state index contributed by atoms with van der Waals surface area (Å²) in [6.45, 7) is 0. The van der Waals surface area contributed by atoms with E-state index in [9.17, 15) is 14.7 Å². The quantitative estimate of drug-likeness (QED) is 0.889. The Balaban J connectivity index is 2.08. The number of benzene rings is 1. The summed E-state index contributed by atoms with van der Waals surface area (Å²) in [5.41, 5.74) is 0.345. The zero-order valence-electron chi connectivity index (χ0n) is 14.6. The van der Waals surface area contributed by atoms with Gasteiger partial charge in [-0.15, -0.1) is 0 Å². The number of nitrogens with zero attached hydrogens (tertiary/aromatic N) is 2. The zero-order valence-corrected chi connectivity index (χ0v) is 14.6. The third-order valence-electron chi connectivity index (χ3n) is 5.25. The van der Waals surface area contributed by atoms with Crippen molar-refractivity contribution in [1.82, 2.24) is 14.9 Å². The Morgan fingerprint density at radius 2 is 1.92 bits per heavy atom. The number of hydrogen-bond donors (Lipinski definition) is 2. The Labute approximate surface area is 146 Å². The largest absolute Gasteiger partial charge is 0.501 e. The second kappa shape index (κ2) is 6.70. The van der Waals surface area contributed by atoms with Crippen LogP contribution in [0.4, 0.5) is 0 Å². The number of hydrogen-bond acceptors (Lipinski definition) is 4. The van der Waals surface area contributed by atoms with E-state index in [0.717, 1.165) is 25.7 Å². The van der Waals surface area contributed by atoms with Crippen LogP contribution in [0.15, 0.2) is 35.1 Å². The molecule has 1 aliphatic carbocycles. The summed E-state index contributed by atoms with van der Waals surface area (Å²) in [7, 11) is 3.04. The van der Waals surface area contributed by atoms with Crippen LogP contribution in [0.2, 0.25) is 0 Å². The lowest BCUT2D eigenvalue weighted by molar-refractivity contribution is 0.0954. The van der Waals surface area contributed by atoms with Crippen molar-refractivity contribution in [3.05, 3.63) is 57.8 Å². The number of aromatic nitrogens is 2. The molecule has 2 N–H and O–H groups in total. The highest BCUT2D eigenvalue weighted by molar-refractivity contribution is 5.94. The van der Waals surface area contributed by atoms with Gasteiger partial charge < -0.3 is 10.4 Å². The highest BCUT2D eigenvalue weighted by Gasteiger charge is 2.37. The molecule has 1 saturated carbocycles. The average molecular weight is 341 g/mol. The summed E-state index contributed by atoms with van der Waals surface area (Å²) in [6.07, 6.45) is 4.85. The first-order valence-electron chi connectivity index (χ1n) is 8.55. The Hall–Kier alpha value is -2.63. The van der Waals surface area contributed by atoms with Gasteiger partial charge in [0, 0.05) is 25.9 Å². The molecule has 0 unspecified atom stereocenters.